The van der Waals surface area contributed by atoms with Crippen molar-refractivity contribution in [1.29, 1.82) is 0 Å². The van der Waals surface area contributed by atoms with Crippen LogP contribution in [0.15, 0.2) is 30.3 Å². The minimum atomic E-state index is -0.0263. The third-order valence-corrected chi connectivity index (χ3v) is 5.60. The van der Waals surface area contributed by atoms with Crippen molar-refractivity contribution >= 4 is 11.8 Å². The lowest BCUT2D eigenvalue weighted by molar-refractivity contribution is 0.113. The molecule has 2 N–H and O–H groups in total. The van der Waals surface area contributed by atoms with Crippen LogP contribution < -0.4 is 5.32 Å². The lowest BCUT2D eigenvalue weighted by Crippen LogP contribution is -2.54. The molecular weight excluding hydrogens is 278 g/mol. The minimum absolute atomic E-state index is 0.0263. The molecule has 1 aromatic carbocycles. The van der Waals surface area contributed by atoms with E-state index < -0.39 is 0 Å². The molecule has 1 fully saturated rings. The Hall–Kier alpha value is -0.510. The van der Waals surface area contributed by atoms with Gasteiger partial charge in [-0.25, -0.2) is 0 Å². The number of aliphatic hydroxyl groups excluding tert-OH is 1. The third kappa shape index (κ3) is 4.73. The number of thioether (sulfide) groups is 1. The smallest absolute Gasteiger partial charge is 0.0616 e. The molecule has 0 aromatic heterocycles. The highest BCUT2D eigenvalue weighted by Crippen LogP contribution is 2.38. The van der Waals surface area contributed by atoms with Gasteiger partial charge in [0.05, 0.1) is 6.61 Å². The van der Waals surface area contributed by atoms with E-state index in [-0.39, 0.29) is 12.1 Å². The molecule has 21 heavy (non-hydrogen) atoms. The van der Waals surface area contributed by atoms with Gasteiger partial charge < -0.3 is 10.4 Å². The fourth-order valence-electron chi connectivity index (χ4n) is 3.57. The van der Waals surface area contributed by atoms with Crippen LogP contribution in [0.25, 0.3) is 0 Å². The predicted octanol–water partition coefficient (Wildman–Crippen LogP) is 3.84. The van der Waals surface area contributed by atoms with E-state index in [9.17, 15) is 5.11 Å². The van der Waals surface area contributed by atoms with Crippen LogP contribution >= 0.6 is 11.8 Å². The van der Waals surface area contributed by atoms with Gasteiger partial charge in [0.15, 0.2) is 0 Å². The van der Waals surface area contributed by atoms with E-state index in [0.717, 1.165) is 12.2 Å². The van der Waals surface area contributed by atoms with E-state index in [1.165, 1.54) is 30.6 Å². The number of rotatable bonds is 8. The molecule has 2 rings (SSSR count). The second-order valence-corrected chi connectivity index (χ2v) is 7.63. The zero-order valence-corrected chi connectivity index (χ0v) is 14.2. The maximum absolute atomic E-state index is 9.90. The SMILES string of the molecule is CC(C)NC1(CO)CCCC1CCSCc1ccccc1. The maximum atomic E-state index is 9.90. The average molecular weight is 308 g/mol. The molecule has 118 valence electrons. The van der Waals surface area contributed by atoms with Crippen molar-refractivity contribution in [2.75, 3.05) is 12.4 Å². The van der Waals surface area contributed by atoms with Crippen molar-refractivity contribution in [3.8, 4) is 0 Å². The molecule has 1 aliphatic rings. The Kier molecular flexibility index (Phi) is 6.59. The standard InChI is InChI=1S/C18H29NOS/c1-15(2)19-18(14-20)11-6-9-17(18)10-12-21-13-16-7-4-3-5-8-16/h3-5,7-8,15,17,19-20H,6,9-14H2,1-2H3. The number of benzene rings is 1. The summed E-state index contributed by atoms with van der Waals surface area (Å²) in [6.45, 7) is 4.63. The summed E-state index contributed by atoms with van der Waals surface area (Å²) in [6.07, 6.45) is 4.83. The third-order valence-electron chi connectivity index (χ3n) is 4.54. The number of hydrogen-bond acceptors (Lipinski definition) is 3. The normalized spacial score (nSPS) is 25.6. The molecule has 1 aromatic rings. The Morgan fingerprint density at radius 2 is 2.10 bits per heavy atom. The minimum Gasteiger partial charge on any atom is -0.394 e. The van der Waals surface area contributed by atoms with E-state index in [0.29, 0.717) is 12.0 Å². The summed E-state index contributed by atoms with van der Waals surface area (Å²) in [6, 6.07) is 11.1. The monoisotopic (exact) mass is 307 g/mol. The van der Waals surface area contributed by atoms with Gasteiger partial charge in [0, 0.05) is 17.3 Å². The van der Waals surface area contributed by atoms with Gasteiger partial charge in [-0.3, -0.25) is 0 Å². The first-order valence-corrected chi connectivity index (χ1v) is 9.32. The fourth-order valence-corrected chi connectivity index (χ4v) is 4.60. The van der Waals surface area contributed by atoms with E-state index in [1.54, 1.807) is 0 Å². The number of hydrogen-bond donors (Lipinski definition) is 2. The first-order chi connectivity index (χ1) is 10.2. The topological polar surface area (TPSA) is 32.3 Å². The van der Waals surface area contributed by atoms with Gasteiger partial charge in [-0.15, -0.1) is 0 Å². The van der Waals surface area contributed by atoms with Crippen LogP contribution in [0, 0.1) is 5.92 Å². The molecule has 1 aliphatic carbocycles. The lowest BCUT2D eigenvalue weighted by Gasteiger charge is -2.37. The van der Waals surface area contributed by atoms with Crippen molar-refractivity contribution in [2.45, 2.75) is 56.9 Å². The predicted molar refractivity (Wildman–Crippen MR) is 92.7 cm³/mol. The van der Waals surface area contributed by atoms with Gasteiger partial charge in [0.25, 0.3) is 0 Å². The van der Waals surface area contributed by atoms with E-state index >= 15 is 0 Å². The zero-order chi connectivity index (χ0) is 15.1. The van der Waals surface area contributed by atoms with Gasteiger partial charge >= 0.3 is 0 Å². The number of aliphatic hydroxyl groups is 1. The van der Waals surface area contributed by atoms with Crippen molar-refractivity contribution in [1.82, 2.24) is 5.32 Å². The Labute approximate surface area is 133 Å². The van der Waals surface area contributed by atoms with Crippen LogP contribution in [0.2, 0.25) is 0 Å². The molecule has 2 unspecified atom stereocenters. The molecule has 0 bridgehead atoms. The first kappa shape index (κ1) is 16.9. The Morgan fingerprint density at radius 3 is 2.76 bits per heavy atom. The molecule has 2 atom stereocenters. The van der Waals surface area contributed by atoms with E-state index in [4.69, 9.17) is 0 Å². The van der Waals surface area contributed by atoms with Crippen molar-refractivity contribution in [3.63, 3.8) is 0 Å². The molecule has 0 amide bonds. The fraction of sp³-hybridized carbons (Fsp3) is 0.667. The van der Waals surface area contributed by atoms with Crippen LogP contribution in [-0.2, 0) is 5.75 Å². The summed E-state index contributed by atoms with van der Waals surface area (Å²) in [7, 11) is 0. The second-order valence-electron chi connectivity index (χ2n) is 6.53. The summed E-state index contributed by atoms with van der Waals surface area (Å²) in [5.74, 6) is 2.89. The molecule has 2 nitrogen and oxygen atoms in total. The van der Waals surface area contributed by atoms with E-state index in [1.807, 2.05) is 11.8 Å². The first-order valence-electron chi connectivity index (χ1n) is 8.16. The molecule has 0 heterocycles. The van der Waals surface area contributed by atoms with Crippen molar-refractivity contribution < 1.29 is 5.11 Å². The zero-order valence-electron chi connectivity index (χ0n) is 13.3. The van der Waals surface area contributed by atoms with Crippen LogP contribution in [-0.4, -0.2) is 29.0 Å². The van der Waals surface area contributed by atoms with Gasteiger partial charge in [0.1, 0.15) is 0 Å². The van der Waals surface area contributed by atoms with Crippen LogP contribution in [0.1, 0.15) is 45.1 Å². The maximum Gasteiger partial charge on any atom is 0.0616 e. The molecule has 0 spiro atoms. The van der Waals surface area contributed by atoms with E-state index in [2.05, 4.69) is 49.5 Å². The molecule has 0 aliphatic heterocycles. The summed E-state index contributed by atoms with van der Waals surface area (Å²) in [5.41, 5.74) is 1.38. The summed E-state index contributed by atoms with van der Waals surface area (Å²) >= 11 is 2.01. The summed E-state index contributed by atoms with van der Waals surface area (Å²) in [5, 5.41) is 13.6. The Bertz CT molecular complexity index is 409. The van der Waals surface area contributed by atoms with Gasteiger partial charge in [-0.05, 0) is 36.5 Å². The van der Waals surface area contributed by atoms with Crippen LogP contribution in [0.3, 0.4) is 0 Å². The molecule has 1 saturated carbocycles. The van der Waals surface area contributed by atoms with Gasteiger partial charge in [-0.1, -0.05) is 50.6 Å². The van der Waals surface area contributed by atoms with Crippen LogP contribution in [0.4, 0.5) is 0 Å². The van der Waals surface area contributed by atoms with Gasteiger partial charge in [0.2, 0.25) is 0 Å². The second kappa shape index (κ2) is 8.21. The highest BCUT2D eigenvalue weighted by atomic mass is 32.2. The highest BCUT2D eigenvalue weighted by Gasteiger charge is 2.41. The highest BCUT2D eigenvalue weighted by molar-refractivity contribution is 7.98. The average Bonchev–Trinajstić information content (AvgIpc) is 2.87. The van der Waals surface area contributed by atoms with Crippen molar-refractivity contribution in [2.24, 2.45) is 5.92 Å². The largest absolute Gasteiger partial charge is 0.394 e. The molecular formula is C18H29NOS. The Morgan fingerprint density at radius 1 is 1.33 bits per heavy atom. The molecule has 0 saturated heterocycles. The lowest BCUT2D eigenvalue weighted by atomic mass is 9.85. The van der Waals surface area contributed by atoms with Crippen molar-refractivity contribution in [3.05, 3.63) is 35.9 Å². The van der Waals surface area contributed by atoms with Crippen LogP contribution in [0.5, 0.6) is 0 Å². The quantitative estimate of drug-likeness (QED) is 0.716. The molecule has 3 heteroatoms. The Balaban J connectivity index is 1.78. The number of nitrogens with one attached hydrogen (secondary N) is 1. The van der Waals surface area contributed by atoms with Gasteiger partial charge in [-0.2, -0.15) is 11.8 Å². The molecule has 0 radical (unpaired) electrons. The summed E-state index contributed by atoms with van der Waals surface area (Å²) < 4.78 is 0. The summed E-state index contributed by atoms with van der Waals surface area (Å²) in [4.78, 5) is 0.